The lowest BCUT2D eigenvalue weighted by molar-refractivity contribution is -0.123. The molecule has 0 bridgehead atoms. The monoisotopic (exact) mass is 527 g/mol. The lowest BCUT2D eigenvalue weighted by atomic mass is 10.1. The first-order valence-electron chi connectivity index (χ1n) is 11.2. The number of halogens is 2. The number of carbonyl (C=O) groups excluding carboxylic acids is 2. The Morgan fingerprint density at radius 2 is 1.69 bits per heavy atom. The third kappa shape index (κ3) is 6.59. The van der Waals surface area contributed by atoms with E-state index in [1.165, 1.54) is 12.1 Å². The molecular weight excluding hydrogens is 505 g/mol. The molecule has 2 amide bonds. The lowest BCUT2D eigenvalue weighted by Gasteiger charge is -2.13. The first kappa shape index (κ1) is 25.6. The van der Waals surface area contributed by atoms with Crippen molar-refractivity contribution in [3.05, 3.63) is 93.6 Å². The Bertz CT molecular complexity index is 1260. The highest BCUT2D eigenvalue weighted by molar-refractivity contribution is 8.18. The van der Waals surface area contributed by atoms with Crippen molar-refractivity contribution in [2.75, 3.05) is 19.8 Å². The van der Waals surface area contributed by atoms with Gasteiger partial charge in [0.25, 0.3) is 11.1 Å². The number of nitrogens with zero attached hydrogens (tertiary/aromatic N) is 1. The summed E-state index contributed by atoms with van der Waals surface area (Å²) in [6.45, 7) is 2.82. The molecule has 3 aromatic carbocycles. The van der Waals surface area contributed by atoms with Gasteiger partial charge in [-0.25, -0.2) is 4.39 Å². The van der Waals surface area contributed by atoms with Gasteiger partial charge in [-0.15, -0.1) is 0 Å². The quantitative estimate of drug-likeness (QED) is 0.278. The molecule has 3 aromatic rings. The third-order valence-electron chi connectivity index (χ3n) is 5.14. The van der Waals surface area contributed by atoms with Gasteiger partial charge in [0.05, 0.1) is 18.1 Å². The van der Waals surface area contributed by atoms with E-state index in [4.69, 9.17) is 25.8 Å². The maximum Gasteiger partial charge on any atom is 0.293 e. The highest BCUT2D eigenvalue weighted by Crippen LogP contribution is 2.35. The van der Waals surface area contributed by atoms with Gasteiger partial charge in [0.1, 0.15) is 24.8 Å². The van der Waals surface area contributed by atoms with Crippen LogP contribution in [0.4, 0.5) is 9.18 Å². The van der Waals surface area contributed by atoms with Gasteiger partial charge in [0, 0.05) is 5.02 Å². The summed E-state index contributed by atoms with van der Waals surface area (Å²) in [5.41, 5.74) is 1.51. The van der Waals surface area contributed by atoms with E-state index in [2.05, 4.69) is 0 Å². The Morgan fingerprint density at radius 1 is 0.944 bits per heavy atom. The van der Waals surface area contributed by atoms with Crippen LogP contribution < -0.4 is 14.2 Å². The fourth-order valence-electron chi connectivity index (χ4n) is 3.37. The zero-order valence-electron chi connectivity index (χ0n) is 19.4. The van der Waals surface area contributed by atoms with Crippen molar-refractivity contribution >= 4 is 40.6 Å². The van der Waals surface area contributed by atoms with Gasteiger partial charge < -0.3 is 14.2 Å². The molecule has 0 saturated carbocycles. The number of benzene rings is 3. The van der Waals surface area contributed by atoms with Crippen LogP contribution in [-0.2, 0) is 11.4 Å². The summed E-state index contributed by atoms with van der Waals surface area (Å²) in [6.07, 6.45) is 1.65. The molecule has 0 aliphatic carbocycles. The molecule has 0 spiro atoms. The smallest absolute Gasteiger partial charge is 0.293 e. The maximum atomic E-state index is 13.1. The third-order valence-corrected chi connectivity index (χ3v) is 6.30. The fraction of sp³-hybridized carbons (Fsp3) is 0.185. The Labute approximate surface area is 217 Å². The van der Waals surface area contributed by atoms with E-state index in [-0.39, 0.29) is 36.7 Å². The molecule has 4 rings (SSSR count). The Kier molecular flexibility index (Phi) is 8.51. The molecule has 6 nitrogen and oxygen atoms in total. The molecule has 0 unspecified atom stereocenters. The Balaban J connectivity index is 1.41. The van der Waals surface area contributed by atoms with Crippen molar-refractivity contribution in [2.45, 2.75) is 13.5 Å². The van der Waals surface area contributed by atoms with Crippen LogP contribution in [0.25, 0.3) is 6.08 Å². The molecule has 1 aliphatic rings. The normalized spacial score (nSPS) is 14.4. The standard InChI is InChI=1S/C27H23ClFNO5S/c1-2-33-24-15-19(5-12-23(24)35-17-18-3-8-21(29)9-4-18)16-25-26(31)30(27(32)36-25)13-14-34-22-10-6-20(28)7-11-22/h3-12,15-16H,2,13-14,17H2,1H3/b25-16-. The number of amides is 2. The van der Waals surface area contributed by atoms with Crippen molar-refractivity contribution in [2.24, 2.45) is 0 Å². The predicted molar refractivity (Wildman–Crippen MR) is 138 cm³/mol. The summed E-state index contributed by atoms with van der Waals surface area (Å²) in [6, 6.07) is 18.2. The van der Waals surface area contributed by atoms with Crippen LogP contribution in [0.15, 0.2) is 71.6 Å². The molecule has 0 radical (unpaired) electrons. The molecule has 9 heteroatoms. The van der Waals surface area contributed by atoms with Crippen LogP contribution in [0.3, 0.4) is 0 Å². The van der Waals surface area contributed by atoms with E-state index >= 15 is 0 Å². The number of thioether (sulfide) groups is 1. The molecule has 1 aliphatic heterocycles. The van der Waals surface area contributed by atoms with E-state index in [1.54, 1.807) is 60.7 Å². The van der Waals surface area contributed by atoms with Gasteiger partial charge in [0.15, 0.2) is 11.5 Å². The van der Waals surface area contributed by atoms with Crippen LogP contribution in [-0.4, -0.2) is 35.8 Å². The molecule has 36 heavy (non-hydrogen) atoms. The minimum Gasteiger partial charge on any atom is -0.492 e. The van der Waals surface area contributed by atoms with Gasteiger partial charge in [-0.05, 0) is 84.4 Å². The van der Waals surface area contributed by atoms with Crippen LogP contribution in [0.5, 0.6) is 17.2 Å². The minimum absolute atomic E-state index is 0.130. The van der Waals surface area contributed by atoms with Gasteiger partial charge in [-0.1, -0.05) is 29.8 Å². The van der Waals surface area contributed by atoms with Crippen LogP contribution >= 0.6 is 23.4 Å². The summed E-state index contributed by atoms with van der Waals surface area (Å²) in [4.78, 5) is 26.7. The molecule has 0 atom stereocenters. The number of hydrogen-bond acceptors (Lipinski definition) is 6. The summed E-state index contributed by atoms with van der Waals surface area (Å²) in [7, 11) is 0. The van der Waals surface area contributed by atoms with E-state index in [9.17, 15) is 14.0 Å². The molecule has 186 valence electrons. The lowest BCUT2D eigenvalue weighted by Crippen LogP contribution is -2.32. The van der Waals surface area contributed by atoms with E-state index < -0.39 is 0 Å². The predicted octanol–water partition coefficient (Wildman–Crippen LogP) is 6.57. The average molecular weight is 528 g/mol. The Morgan fingerprint density at radius 3 is 2.42 bits per heavy atom. The fourth-order valence-corrected chi connectivity index (χ4v) is 4.36. The van der Waals surface area contributed by atoms with E-state index in [0.29, 0.717) is 39.3 Å². The van der Waals surface area contributed by atoms with Crippen LogP contribution in [0.1, 0.15) is 18.1 Å². The Hall–Kier alpha value is -3.49. The van der Waals surface area contributed by atoms with Crippen molar-refractivity contribution in [3.8, 4) is 17.2 Å². The molecule has 0 aromatic heterocycles. The largest absolute Gasteiger partial charge is 0.492 e. The first-order chi connectivity index (χ1) is 17.4. The second kappa shape index (κ2) is 12.0. The number of rotatable bonds is 10. The SMILES string of the molecule is CCOc1cc(/C=C2\SC(=O)N(CCOc3ccc(Cl)cc3)C2=O)ccc1OCc1ccc(F)cc1. The number of carbonyl (C=O) groups is 2. The average Bonchev–Trinajstić information content (AvgIpc) is 3.13. The number of ether oxygens (including phenoxy) is 3. The highest BCUT2D eigenvalue weighted by atomic mass is 35.5. The second-order valence-corrected chi connectivity index (χ2v) is 9.12. The first-order valence-corrected chi connectivity index (χ1v) is 12.4. The van der Waals surface area contributed by atoms with Crippen molar-refractivity contribution in [1.82, 2.24) is 4.90 Å². The van der Waals surface area contributed by atoms with Gasteiger partial charge in [-0.2, -0.15) is 0 Å². The zero-order valence-corrected chi connectivity index (χ0v) is 21.0. The highest BCUT2D eigenvalue weighted by Gasteiger charge is 2.34. The van der Waals surface area contributed by atoms with Crippen molar-refractivity contribution in [1.29, 1.82) is 0 Å². The van der Waals surface area contributed by atoms with Gasteiger partial charge in [-0.3, -0.25) is 14.5 Å². The van der Waals surface area contributed by atoms with Crippen LogP contribution in [0, 0.1) is 5.82 Å². The maximum absolute atomic E-state index is 13.1. The number of imide groups is 1. The zero-order chi connectivity index (χ0) is 25.5. The van der Waals surface area contributed by atoms with Crippen molar-refractivity contribution in [3.63, 3.8) is 0 Å². The minimum atomic E-state index is -0.376. The summed E-state index contributed by atoms with van der Waals surface area (Å²) in [5, 5.41) is 0.244. The molecule has 1 heterocycles. The van der Waals surface area contributed by atoms with Crippen LogP contribution in [0.2, 0.25) is 5.02 Å². The molecule has 0 N–H and O–H groups in total. The van der Waals surface area contributed by atoms with Gasteiger partial charge >= 0.3 is 0 Å². The second-order valence-electron chi connectivity index (χ2n) is 7.69. The molecule has 1 saturated heterocycles. The summed E-state index contributed by atoms with van der Waals surface area (Å²) in [5.74, 6) is 0.942. The van der Waals surface area contributed by atoms with E-state index in [0.717, 1.165) is 22.2 Å². The van der Waals surface area contributed by atoms with Crippen molar-refractivity contribution < 1.29 is 28.2 Å². The molecule has 1 fully saturated rings. The molecular formula is C27H23ClFNO5S. The summed E-state index contributed by atoms with van der Waals surface area (Å²) < 4.78 is 30.3. The van der Waals surface area contributed by atoms with Gasteiger partial charge in [0.2, 0.25) is 0 Å². The van der Waals surface area contributed by atoms with E-state index in [1.807, 2.05) is 6.92 Å². The number of hydrogen-bond donors (Lipinski definition) is 0. The topological polar surface area (TPSA) is 65.1 Å². The summed E-state index contributed by atoms with van der Waals surface area (Å²) >= 11 is 6.74.